The van der Waals surface area contributed by atoms with Crippen LogP contribution in [0, 0.1) is 34.5 Å². The van der Waals surface area contributed by atoms with E-state index in [1.165, 1.54) is 11.9 Å². The number of carbonyl (C=O) groups excluding carboxylic acids is 2. The lowest BCUT2D eigenvalue weighted by molar-refractivity contribution is -0.139. The van der Waals surface area contributed by atoms with Crippen molar-refractivity contribution in [3.05, 3.63) is 11.6 Å². The third-order valence-electron chi connectivity index (χ3n) is 8.35. The van der Waals surface area contributed by atoms with E-state index in [0.29, 0.717) is 29.5 Å². The summed E-state index contributed by atoms with van der Waals surface area (Å²) < 4.78 is 5.60. The third-order valence-corrected chi connectivity index (χ3v) is 8.35. The molecule has 7 atom stereocenters. The smallest absolute Gasteiger partial charge is 0.139 e. The summed E-state index contributed by atoms with van der Waals surface area (Å²) in [6.45, 7) is 4.44. The zero-order valence-electron chi connectivity index (χ0n) is 15.2. The number of fused-ring (bicyclic) bond motifs is 5. The molecule has 0 spiro atoms. The monoisotopic (exact) mass is 330 g/mol. The van der Waals surface area contributed by atoms with Crippen LogP contribution in [0.2, 0.25) is 0 Å². The Kier molecular flexibility index (Phi) is 3.80. The van der Waals surface area contributed by atoms with Gasteiger partial charge in [0, 0.05) is 18.9 Å². The molecule has 4 aliphatic carbocycles. The first-order valence-electron chi connectivity index (χ1n) is 9.71. The zero-order valence-corrected chi connectivity index (χ0v) is 15.2. The van der Waals surface area contributed by atoms with Crippen LogP contribution in [0.3, 0.4) is 0 Å². The number of ketones is 1. The second kappa shape index (κ2) is 5.52. The van der Waals surface area contributed by atoms with E-state index in [1.54, 1.807) is 7.11 Å². The Morgan fingerprint density at radius 2 is 2.00 bits per heavy atom. The standard InChI is InChI=1S/C21H30O3/c1-13-10-15(24-3)11-14-4-5-16-17-6-7-19(23)20(17,2)9-8-18(16)21(13,14)12-22/h11-13,15-18H,4-10H2,1-3H3/t13?,15-,16-,17-,18-,20-,21-/m0/s1. The average molecular weight is 330 g/mol. The second-order valence-electron chi connectivity index (χ2n) is 8.99. The van der Waals surface area contributed by atoms with Crippen LogP contribution in [-0.4, -0.2) is 25.3 Å². The lowest BCUT2D eigenvalue weighted by Gasteiger charge is -2.58. The topological polar surface area (TPSA) is 43.4 Å². The van der Waals surface area contributed by atoms with Crippen LogP contribution in [0.1, 0.15) is 58.8 Å². The summed E-state index contributed by atoms with van der Waals surface area (Å²) in [4.78, 5) is 24.9. The Bertz CT molecular complexity index is 594. The number of ether oxygens (including phenoxy) is 1. The van der Waals surface area contributed by atoms with E-state index in [-0.39, 0.29) is 16.9 Å². The molecule has 0 heterocycles. The van der Waals surface area contributed by atoms with Crippen LogP contribution in [-0.2, 0) is 14.3 Å². The summed E-state index contributed by atoms with van der Waals surface area (Å²) in [6, 6.07) is 0. The number of allylic oxidation sites excluding steroid dienone is 1. The van der Waals surface area contributed by atoms with E-state index in [2.05, 4.69) is 19.9 Å². The highest BCUT2D eigenvalue weighted by molar-refractivity contribution is 5.87. The van der Waals surface area contributed by atoms with Crippen LogP contribution in [0.4, 0.5) is 0 Å². The van der Waals surface area contributed by atoms with E-state index >= 15 is 0 Å². The van der Waals surface area contributed by atoms with Crippen molar-refractivity contribution in [1.29, 1.82) is 0 Å². The van der Waals surface area contributed by atoms with Crippen molar-refractivity contribution in [1.82, 2.24) is 0 Å². The number of hydrogen-bond acceptors (Lipinski definition) is 3. The molecule has 132 valence electrons. The number of carbonyl (C=O) groups is 2. The molecule has 0 aromatic rings. The quantitative estimate of drug-likeness (QED) is 0.568. The zero-order chi connectivity index (χ0) is 17.1. The third kappa shape index (κ3) is 1.94. The Labute approximate surface area is 145 Å². The first-order valence-corrected chi connectivity index (χ1v) is 9.71. The number of aldehydes is 1. The van der Waals surface area contributed by atoms with Crippen molar-refractivity contribution in [2.75, 3.05) is 7.11 Å². The maximum absolute atomic E-state index is 12.5. The number of hydrogen-bond donors (Lipinski definition) is 0. The Morgan fingerprint density at radius 3 is 2.71 bits per heavy atom. The van der Waals surface area contributed by atoms with Gasteiger partial charge >= 0.3 is 0 Å². The van der Waals surface area contributed by atoms with Crippen molar-refractivity contribution >= 4 is 12.1 Å². The van der Waals surface area contributed by atoms with Gasteiger partial charge in [-0.1, -0.05) is 25.5 Å². The summed E-state index contributed by atoms with van der Waals surface area (Å²) in [6.07, 6.45) is 10.6. The van der Waals surface area contributed by atoms with Gasteiger partial charge in [0.05, 0.1) is 11.5 Å². The van der Waals surface area contributed by atoms with Gasteiger partial charge in [-0.05, 0) is 62.2 Å². The minimum atomic E-state index is -0.301. The van der Waals surface area contributed by atoms with Crippen LogP contribution in [0.15, 0.2) is 11.6 Å². The number of Topliss-reactive ketones (excluding diaryl/α,β-unsaturated/α-hetero) is 1. The average Bonchev–Trinajstić information content (AvgIpc) is 2.89. The molecule has 4 aliphatic rings. The van der Waals surface area contributed by atoms with Crippen LogP contribution in [0.25, 0.3) is 0 Å². The minimum absolute atomic E-state index is 0.112. The molecule has 0 aliphatic heterocycles. The minimum Gasteiger partial charge on any atom is -0.377 e. The normalized spacial score (nSPS) is 50.5. The molecular formula is C21H30O3. The molecule has 0 amide bonds. The van der Waals surface area contributed by atoms with Gasteiger partial charge in [0.1, 0.15) is 12.1 Å². The molecule has 1 unspecified atom stereocenters. The molecule has 0 radical (unpaired) electrons. The summed E-state index contributed by atoms with van der Waals surface area (Å²) in [5.41, 5.74) is 0.918. The molecule has 0 aromatic carbocycles. The van der Waals surface area contributed by atoms with Gasteiger partial charge in [0.2, 0.25) is 0 Å². The van der Waals surface area contributed by atoms with E-state index in [9.17, 15) is 9.59 Å². The van der Waals surface area contributed by atoms with Gasteiger partial charge in [0.15, 0.2) is 0 Å². The van der Waals surface area contributed by atoms with Crippen molar-refractivity contribution in [3.63, 3.8) is 0 Å². The maximum Gasteiger partial charge on any atom is 0.139 e. The van der Waals surface area contributed by atoms with Gasteiger partial charge in [-0.15, -0.1) is 0 Å². The van der Waals surface area contributed by atoms with Gasteiger partial charge in [-0.2, -0.15) is 0 Å². The summed E-state index contributed by atoms with van der Waals surface area (Å²) in [5, 5.41) is 0. The van der Waals surface area contributed by atoms with Crippen LogP contribution < -0.4 is 0 Å². The fourth-order valence-electron chi connectivity index (χ4n) is 7.02. The molecule has 0 bridgehead atoms. The second-order valence-corrected chi connectivity index (χ2v) is 8.99. The molecule has 24 heavy (non-hydrogen) atoms. The van der Waals surface area contributed by atoms with Crippen LogP contribution in [0.5, 0.6) is 0 Å². The van der Waals surface area contributed by atoms with E-state index in [4.69, 9.17) is 4.74 Å². The van der Waals surface area contributed by atoms with E-state index in [1.807, 2.05) is 0 Å². The highest BCUT2D eigenvalue weighted by atomic mass is 16.5. The van der Waals surface area contributed by atoms with E-state index in [0.717, 1.165) is 44.9 Å². The lowest BCUT2D eigenvalue weighted by atomic mass is 9.45. The molecule has 0 N–H and O–H groups in total. The van der Waals surface area contributed by atoms with Crippen molar-refractivity contribution in [2.24, 2.45) is 34.5 Å². The summed E-state index contributed by atoms with van der Waals surface area (Å²) in [5.74, 6) is 2.26. The predicted molar refractivity (Wildman–Crippen MR) is 92.4 cm³/mol. The Balaban J connectivity index is 1.74. The molecule has 3 nitrogen and oxygen atoms in total. The Hall–Kier alpha value is -0.960. The molecule has 0 saturated heterocycles. The largest absolute Gasteiger partial charge is 0.377 e. The highest BCUT2D eigenvalue weighted by Crippen LogP contribution is 2.65. The molecule has 3 saturated carbocycles. The first kappa shape index (κ1) is 16.5. The van der Waals surface area contributed by atoms with Crippen LogP contribution >= 0.6 is 0 Å². The Morgan fingerprint density at radius 1 is 1.21 bits per heavy atom. The maximum atomic E-state index is 12.5. The van der Waals surface area contributed by atoms with Crippen molar-refractivity contribution < 1.29 is 14.3 Å². The van der Waals surface area contributed by atoms with Gasteiger partial charge in [-0.25, -0.2) is 0 Å². The van der Waals surface area contributed by atoms with Crippen molar-refractivity contribution in [2.45, 2.75) is 64.9 Å². The molecule has 4 rings (SSSR count). The summed E-state index contributed by atoms with van der Waals surface area (Å²) in [7, 11) is 1.77. The SMILES string of the molecule is CO[C@@H]1C=C2CC[C@H]3[C@@H]4CCC(=O)[C@@]4(C)CC[C@@H]3[C@@]2(C=O)C(C)C1. The summed E-state index contributed by atoms with van der Waals surface area (Å²) >= 11 is 0. The van der Waals surface area contributed by atoms with E-state index < -0.39 is 0 Å². The number of rotatable bonds is 2. The molecule has 0 aromatic heterocycles. The molecular weight excluding hydrogens is 300 g/mol. The fourth-order valence-corrected chi connectivity index (χ4v) is 7.02. The van der Waals surface area contributed by atoms with Gasteiger partial charge < -0.3 is 9.53 Å². The lowest BCUT2D eigenvalue weighted by Crippen LogP contribution is -2.55. The molecule has 3 fully saturated rings. The number of methoxy groups -OCH3 is 1. The molecule has 3 heteroatoms. The first-order chi connectivity index (χ1) is 11.5. The fraction of sp³-hybridized carbons (Fsp3) is 0.810. The predicted octanol–water partition coefficient (Wildman–Crippen LogP) is 3.96. The van der Waals surface area contributed by atoms with Gasteiger partial charge in [0.25, 0.3) is 0 Å². The van der Waals surface area contributed by atoms with Crippen molar-refractivity contribution in [3.8, 4) is 0 Å². The van der Waals surface area contributed by atoms with Gasteiger partial charge in [-0.3, -0.25) is 4.79 Å². The highest BCUT2D eigenvalue weighted by Gasteiger charge is 2.61.